The van der Waals surface area contributed by atoms with Gasteiger partial charge in [-0.05, 0) is 59.5 Å². The van der Waals surface area contributed by atoms with Crippen LogP contribution in [0.3, 0.4) is 0 Å². The van der Waals surface area contributed by atoms with Gasteiger partial charge in [-0.3, -0.25) is 5.10 Å². The Bertz CT molecular complexity index is 1200. The number of benzene rings is 1. The maximum atomic E-state index is 5.07. The first-order valence-corrected chi connectivity index (χ1v) is 11.2. The van der Waals surface area contributed by atoms with Crippen LogP contribution in [0.4, 0.5) is 0 Å². The highest BCUT2D eigenvalue weighted by Crippen LogP contribution is 2.35. The number of rotatable bonds is 8. The normalized spacial score (nSPS) is 11.9. The van der Waals surface area contributed by atoms with Crippen molar-refractivity contribution in [3.8, 4) is 22.4 Å². The number of aromatic amines is 1. The SMILES string of the molecule is CNCCN(C)Cc1cccc(-c2cc(-c3c(C)n[nH]c3C)c3cnn(C(C)C)c3n2)c1. The van der Waals surface area contributed by atoms with Crippen LogP contribution in [0.2, 0.25) is 0 Å². The van der Waals surface area contributed by atoms with Crippen LogP contribution in [0.25, 0.3) is 33.4 Å². The van der Waals surface area contributed by atoms with Crippen molar-refractivity contribution < 1.29 is 0 Å². The van der Waals surface area contributed by atoms with Crippen LogP contribution < -0.4 is 5.32 Å². The predicted molar refractivity (Wildman–Crippen MR) is 131 cm³/mol. The highest BCUT2D eigenvalue weighted by Gasteiger charge is 2.19. The third kappa shape index (κ3) is 4.31. The summed E-state index contributed by atoms with van der Waals surface area (Å²) in [5.74, 6) is 0. The topological polar surface area (TPSA) is 74.7 Å². The van der Waals surface area contributed by atoms with Gasteiger partial charge in [-0.2, -0.15) is 10.2 Å². The van der Waals surface area contributed by atoms with E-state index in [-0.39, 0.29) is 6.04 Å². The van der Waals surface area contributed by atoms with Crippen molar-refractivity contribution in [2.24, 2.45) is 0 Å². The first kappa shape index (κ1) is 22.2. The molecule has 7 nitrogen and oxygen atoms in total. The van der Waals surface area contributed by atoms with Crippen LogP contribution in [0.5, 0.6) is 0 Å². The van der Waals surface area contributed by atoms with E-state index in [1.54, 1.807) is 0 Å². The van der Waals surface area contributed by atoms with E-state index in [1.165, 1.54) is 5.56 Å². The molecule has 3 aromatic heterocycles. The number of likely N-dealkylation sites (N-methyl/N-ethyl adjacent to an activating group) is 2. The zero-order chi connectivity index (χ0) is 22.8. The number of aromatic nitrogens is 5. The van der Waals surface area contributed by atoms with Crippen molar-refractivity contribution in [2.45, 2.75) is 40.3 Å². The van der Waals surface area contributed by atoms with E-state index in [1.807, 2.05) is 24.9 Å². The molecule has 2 N–H and O–H groups in total. The van der Waals surface area contributed by atoms with Crippen molar-refractivity contribution in [1.82, 2.24) is 35.2 Å². The molecule has 0 radical (unpaired) electrons. The van der Waals surface area contributed by atoms with Gasteiger partial charge in [0.1, 0.15) is 0 Å². The Kier molecular flexibility index (Phi) is 6.39. The number of pyridine rings is 1. The molecule has 3 heterocycles. The summed E-state index contributed by atoms with van der Waals surface area (Å²) in [6.45, 7) is 11.2. The fourth-order valence-electron chi connectivity index (χ4n) is 4.22. The maximum absolute atomic E-state index is 5.07. The van der Waals surface area contributed by atoms with Gasteiger partial charge < -0.3 is 10.2 Å². The van der Waals surface area contributed by atoms with Crippen LogP contribution in [0, 0.1) is 13.8 Å². The lowest BCUT2D eigenvalue weighted by molar-refractivity contribution is 0.328. The Hall–Kier alpha value is -3.03. The number of hydrogen-bond donors (Lipinski definition) is 2. The molecule has 0 unspecified atom stereocenters. The Labute approximate surface area is 189 Å². The minimum absolute atomic E-state index is 0.224. The first-order valence-electron chi connectivity index (χ1n) is 11.2. The van der Waals surface area contributed by atoms with Crippen molar-refractivity contribution in [1.29, 1.82) is 0 Å². The minimum atomic E-state index is 0.224. The van der Waals surface area contributed by atoms with Gasteiger partial charge in [0.25, 0.3) is 0 Å². The number of nitrogens with one attached hydrogen (secondary N) is 2. The summed E-state index contributed by atoms with van der Waals surface area (Å²) < 4.78 is 2.00. The summed E-state index contributed by atoms with van der Waals surface area (Å²) in [5, 5.41) is 16.5. The fraction of sp³-hybridized carbons (Fsp3) is 0.400. The van der Waals surface area contributed by atoms with Gasteiger partial charge in [-0.1, -0.05) is 18.2 Å². The van der Waals surface area contributed by atoms with Gasteiger partial charge >= 0.3 is 0 Å². The Balaban J connectivity index is 1.83. The second-order valence-electron chi connectivity index (χ2n) is 8.83. The van der Waals surface area contributed by atoms with E-state index in [4.69, 9.17) is 4.98 Å². The number of H-pyrrole nitrogens is 1. The Morgan fingerprint density at radius 1 is 1.19 bits per heavy atom. The van der Waals surface area contributed by atoms with Gasteiger partial charge in [0.05, 0.1) is 17.6 Å². The van der Waals surface area contributed by atoms with E-state index >= 15 is 0 Å². The molecule has 4 rings (SSSR count). The van der Waals surface area contributed by atoms with Crippen molar-refractivity contribution in [3.63, 3.8) is 0 Å². The average molecular weight is 432 g/mol. The Morgan fingerprint density at radius 2 is 2.00 bits per heavy atom. The second-order valence-corrected chi connectivity index (χ2v) is 8.83. The highest BCUT2D eigenvalue weighted by molar-refractivity contribution is 5.96. The summed E-state index contributed by atoms with van der Waals surface area (Å²) in [5.41, 5.74) is 8.54. The van der Waals surface area contributed by atoms with Gasteiger partial charge in [0.2, 0.25) is 0 Å². The molecule has 0 saturated carbocycles. The highest BCUT2D eigenvalue weighted by atomic mass is 15.3. The molecule has 0 bridgehead atoms. The zero-order valence-electron chi connectivity index (χ0n) is 19.9. The molecular weight excluding hydrogens is 398 g/mol. The molecule has 7 heteroatoms. The molecule has 0 aliphatic carbocycles. The lowest BCUT2D eigenvalue weighted by Crippen LogP contribution is -2.26. The monoisotopic (exact) mass is 431 g/mol. The quantitative estimate of drug-likeness (QED) is 0.434. The summed E-state index contributed by atoms with van der Waals surface area (Å²) in [6, 6.07) is 11.1. The third-order valence-corrected chi connectivity index (χ3v) is 5.87. The van der Waals surface area contributed by atoms with Crippen LogP contribution in [-0.4, -0.2) is 57.0 Å². The number of aryl methyl sites for hydroxylation is 2. The molecule has 0 aliphatic heterocycles. The molecule has 1 aromatic carbocycles. The van der Waals surface area contributed by atoms with Crippen molar-refractivity contribution in [2.75, 3.05) is 27.2 Å². The summed E-state index contributed by atoms with van der Waals surface area (Å²) in [6.07, 6.45) is 1.93. The lowest BCUT2D eigenvalue weighted by Gasteiger charge is -2.17. The Morgan fingerprint density at radius 3 is 2.69 bits per heavy atom. The van der Waals surface area contributed by atoms with Crippen LogP contribution in [0.1, 0.15) is 36.8 Å². The molecule has 168 valence electrons. The minimum Gasteiger partial charge on any atom is -0.318 e. The molecule has 0 amide bonds. The van der Waals surface area contributed by atoms with E-state index in [0.717, 1.165) is 64.4 Å². The molecular formula is C25H33N7. The standard InChI is InChI=1S/C25H33N7/c1-16(2)32-25-22(14-27-32)21(24-17(3)29-30-18(24)4)13-23(28-25)20-9-7-8-19(12-20)15-31(6)11-10-26-5/h7-9,12-14,16,26H,10-11,15H2,1-6H3,(H,29,30). The average Bonchev–Trinajstić information content (AvgIpc) is 3.35. The zero-order valence-corrected chi connectivity index (χ0v) is 19.9. The van der Waals surface area contributed by atoms with E-state index in [2.05, 4.69) is 83.7 Å². The van der Waals surface area contributed by atoms with Crippen LogP contribution in [0.15, 0.2) is 36.5 Å². The molecule has 0 saturated heterocycles. The molecule has 4 aromatic rings. The number of fused-ring (bicyclic) bond motifs is 1. The lowest BCUT2D eigenvalue weighted by atomic mass is 9.98. The second kappa shape index (κ2) is 9.22. The van der Waals surface area contributed by atoms with Gasteiger partial charge in [0, 0.05) is 53.4 Å². The maximum Gasteiger partial charge on any atom is 0.159 e. The fourth-order valence-corrected chi connectivity index (χ4v) is 4.22. The number of nitrogens with zero attached hydrogens (tertiary/aromatic N) is 5. The molecule has 0 aliphatic rings. The van der Waals surface area contributed by atoms with Crippen LogP contribution in [-0.2, 0) is 6.54 Å². The molecule has 32 heavy (non-hydrogen) atoms. The summed E-state index contributed by atoms with van der Waals surface area (Å²) in [4.78, 5) is 7.40. The smallest absolute Gasteiger partial charge is 0.159 e. The van der Waals surface area contributed by atoms with Gasteiger partial charge in [0.15, 0.2) is 5.65 Å². The van der Waals surface area contributed by atoms with Crippen LogP contribution >= 0.6 is 0 Å². The summed E-state index contributed by atoms with van der Waals surface area (Å²) >= 11 is 0. The van der Waals surface area contributed by atoms with Gasteiger partial charge in [-0.25, -0.2) is 9.67 Å². The third-order valence-electron chi connectivity index (χ3n) is 5.87. The molecule has 0 spiro atoms. The van der Waals surface area contributed by atoms with E-state index in [9.17, 15) is 0 Å². The van der Waals surface area contributed by atoms with E-state index < -0.39 is 0 Å². The van der Waals surface area contributed by atoms with Gasteiger partial charge in [-0.15, -0.1) is 0 Å². The first-order chi connectivity index (χ1) is 15.4. The largest absolute Gasteiger partial charge is 0.318 e. The van der Waals surface area contributed by atoms with Crippen molar-refractivity contribution in [3.05, 3.63) is 53.5 Å². The van der Waals surface area contributed by atoms with Crippen molar-refractivity contribution >= 4 is 11.0 Å². The molecule has 0 fully saturated rings. The van der Waals surface area contributed by atoms with E-state index in [0.29, 0.717) is 0 Å². The molecule has 0 atom stereocenters. The predicted octanol–water partition coefficient (Wildman–Crippen LogP) is 4.34. The summed E-state index contributed by atoms with van der Waals surface area (Å²) in [7, 11) is 4.14. The number of hydrogen-bond acceptors (Lipinski definition) is 5.